The van der Waals surface area contributed by atoms with Crippen LogP contribution < -0.4 is 10.6 Å². The van der Waals surface area contributed by atoms with E-state index in [0.717, 1.165) is 0 Å². The largest absolute Gasteiger partial charge is 0.508 e. The molecule has 128 valence electrons. The first-order valence-corrected chi connectivity index (χ1v) is 7.18. The molecule has 0 spiro atoms. The van der Waals surface area contributed by atoms with Gasteiger partial charge in [-0.1, -0.05) is 18.2 Å². The van der Waals surface area contributed by atoms with Gasteiger partial charge in [0.2, 0.25) is 12.8 Å². The van der Waals surface area contributed by atoms with E-state index < -0.39 is 0 Å². The first kappa shape index (κ1) is 17.6. The van der Waals surface area contributed by atoms with Crippen LogP contribution in [-0.2, 0) is 9.59 Å². The molecule has 2 rings (SSSR count). The molecule has 0 unspecified atom stereocenters. The number of aromatic hydroxyl groups is 3. The van der Waals surface area contributed by atoms with E-state index in [0.29, 0.717) is 29.6 Å². The van der Waals surface area contributed by atoms with Gasteiger partial charge in [0.25, 0.3) is 0 Å². The number of hydrogen-bond acceptors (Lipinski definition) is 5. The quantitative estimate of drug-likeness (QED) is 0.298. The molecule has 0 heterocycles. The predicted octanol–water partition coefficient (Wildman–Crippen LogP) is 1.68. The van der Waals surface area contributed by atoms with Gasteiger partial charge < -0.3 is 26.0 Å². The van der Waals surface area contributed by atoms with E-state index in [9.17, 15) is 24.9 Å². The number of amides is 2. The molecule has 0 aromatic heterocycles. The van der Waals surface area contributed by atoms with Crippen molar-refractivity contribution in [2.24, 2.45) is 0 Å². The van der Waals surface area contributed by atoms with E-state index >= 15 is 0 Å². The minimum atomic E-state index is -0.313. The lowest BCUT2D eigenvalue weighted by molar-refractivity contribution is -0.110. The first-order valence-electron chi connectivity index (χ1n) is 7.18. The van der Waals surface area contributed by atoms with Crippen LogP contribution in [0.25, 0.3) is 12.2 Å². The second-order valence-corrected chi connectivity index (χ2v) is 4.98. The number of hydrogen-bond donors (Lipinski definition) is 5. The SMILES string of the molecule is O=CNC(=C\c1ccc(O)cc1)/C(=C/c1ccc(O)c(O)c1)NC=O. The number of phenols is 3. The van der Waals surface area contributed by atoms with Crippen LogP contribution in [0.15, 0.2) is 53.9 Å². The summed E-state index contributed by atoms with van der Waals surface area (Å²) in [6, 6.07) is 10.4. The molecule has 0 bridgehead atoms. The molecule has 0 fully saturated rings. The van der Waals surface area contributed by atoms with Crippen LogP contribution >= 0.6 is 0 Å². The number of carbonyl (C=O) groups excluding carboxylic acids is 2. The predicted molar refractivity (Wildman–Crippen MR) is 92.2 cm³/mol. The van der Waals surface area contributed by atoms with Crippen molar-refractivity contribution in [3.63, 3.8) is 0 Å². The lowest BCUT2D eigenvalue weighted by Crippen LogP contribution is -2.21. The van der Waals surface area contributed by atoms with Gasteiger partial charge in [-0.05, 0) is 47.5 Å². The summed E-state index contributed by atoms with van der Waals surface area (Å²) in [6.07, 6.45) is 4.01. The van der Waals surface area contributed by atoms with Crippen LogP contribution in [-0.4, -0.2) is 28.1 Å². The molecule has 0 atom stereocenters. The van der Waals surface area contributed by atoms with Gasteiger partial charge in [-0.2, -0.15) is 0 Å². The third-order valence-electron chi connectivity index (χ3n) is 3.23. The summed E-state index contributed by atoms with van der Waals surface area (Å²) >= 11 is 0. The third kappa shape index (κ3) is 4.87. The van der Waals surface area contributed by atoms with Crippen LogP contribution in [0.2, 0.25) is 0 Å². The lowest BCUT2D eigenvalue weighted by atomic mass is 10.1. The van der Waals surface area contributed by atoms with Gasteiger partial charge in [-0.15, -0.1) is 0 Å². The smallest absolute Gasteiger partial charge is 0.211 e. The molecule has 7 nitrogen and oxygen atoms in total. The van der Waals surface area contributed by atoms with Crippen molar-refractivity contribution in [2.75, 3.05) is 0 Å². The average Bonchev–Trinajstić information content (AvgIpc) is 2.59. The third-order valence-corrected chi connectivity index (χ3v) is 3.23. The second-order valence-electron chi connectivity index (χ2n) is 4.98. The fraction of sp³-hybridized carbons (Fsp3) is 0. The summed E-state index contributed by atoms with van der Waals surface area (Å²) in [4.78, 5) is 21.8. The molecular weight excluding hydrogens is 324 g/mol. The fourth-order valence-electron chi connectivity index (χ4n) is 2.06. The fourth-order valence-corrected chi connectivity index (χ4v) is 2.06. The number of rotatable bonds is 7. The highest BCUT2D eigenvalue weighted by Gasteiger charge is 2.07. The number of nitrogens with one attached hydrogen (secondary N) is 2. The highest BCUT2D eigenvalue weighted by atomic mass is 16.3. The van der Waals surface area contributed by atoms with Crippen molar-refractivity contribution < 1.29 is 24.9 Å². The number of phenolic OH excluding ortho intramolecular Hbond substituents is 3. The van der Waals surface area contributed by atoms with E-state index in [-0.39, 0.29) is 22.9 Å². The molecule has 7 heteroatoms. The molecule has 2 amide bonds. The summed E-state index contributed by atoms with van der Waals surface area (Å²) in [5.74, 6) is -0.483. The molecule has 25 heavy (non-hydrogen) atoms. The van der Waals surface area contributed by atoms with Crippen molar-refractivity contribution in [3.05, 3.63) is 65.0 Å². The van der Waals surface area contributed by atoms with Crippen molar-refractivity contribution >= 4 is 25.0 Å². The Balaban J connectivity index is 2.46. The van der Waals surface area contributed by atoms with Crippen molar-refractivity contribution in [1.82, 2.24) is 10.6 Å². The molecule has 2 aromatic carbocycles. The number of benzene rings is 2. The Labute approximate surface area is 143 Å². The van der Waals surface area contributed by atoms with Gasteiger partial charge in [0.05, 0.1) is 11.4 Å². The van der Waals surface area contributed by atoms with Crippen molar-refractivity contribution in [3.8, 4) is 17.2 Å². The monoisotopic (exact) mass is 340 g/mol. The summed E-state index contributed by atoms with van der Waals surface area (Å²) in [5, 5.41) is 33.2. The zero-order valence-electron chi connectivity index (χ0n) is 13.0. The van der Waals surface area contributed by atoms with E-state index in [4.69, 9.17) is 0 Å². The highest BCUT2D eigenvalue weighted by Crippen LogP contribution is 2.26. The zero-order chi connectivity index (χ0) is 18.2. The Kier molecular flexibility index (Phi) is 5.78. The van der Waals surface area contributed by atoms with E-state index in [1.807, 2.05) is 0 Å². The second kappa shape index (κ2) is 8.21. The zero-order valence-corrected chi connectivity index (χ0v) is 13.0. The maximum absolute atomic E-state index is 10.9. The average molecular weight is 340 g/mol. The first-order chi connectivity index (χ1) is 12.0. The van der Waals surface area contributed by atoms with E-state index in [1.165, 1.54) is 36.4 Å². The molecule has 0 aliphatic carbocycles. The van der Waals surface area contributed by atoms with Crippen molar-refractivity contribution in [2.45, 2.75) is 0 Å². The van der Waals surface area contributed by atoms with Crippen LogP contribution in [0.1, 0.15) is 11.1 Å². The number of carbonyl (C=O) groups is 2. The van der Waals surface area contributed by atoms with Gasteiger partial charge in [0.1, 0.15) is 5.75 Å². The Morgan fingerprint density at radius 2 is 1.24 bits per heavy atom. The summed E-state index contributed by atoms with van der Waals surface area (Å²) in [7, 11) is 0. The molecule has 5 N–H and O–H groups in total. The normalized spacial score (nSPS) is 11.7. The Bertz CT molecular complexity index is 826. The Morgan fingerprint density at radius 3 is 1.76 bits per heavy atom. The maximum atomic E-state index is 10.9. The molecule has 0 aliphatic heterocycles. The van der Waals surface area contributed by atoms with Crippen LogP contribution in [0.5, 0.6) is 17.2 Å². The molecule has 0 aliphatic rings. The van der Waals surface area contributed by atoms with E-state index in [1.54, 1.807) is 18.2 Å². The van der Waals surface area contributed by atoms with Crippen molar-refractivity contribution in [1.29, 1.82) is 0 Å². The van der Waals surface area contributed by atoms with Crippen LogP contribution in [0, 0.1) is 0 Å². The standard InChI is InChI=1S/C18H16N2O5/c21-10-19-15(7-12-1-4-14(23)5-2-12)16(20-11-22)8-13-3-6-17(24)18(25)9-13/h1-11,23-25H,(H,19,21)(H,20,22)/b15-7-,16-8-. The van der Waals surface area contributed by atoms with Gasteiger partial charge in [0.15, 0.2) is 11.5 Å². The molecular formula is C18H16N2O5. The maximum Gasteiger partial charge on any atom is 0.211 e. The van der Waals surface area contributed by atoms with Gasteiger partial charge in [0, 0.05) is 0 Å². The molecule has 0 saturated carbocycles. The Morgan fingerprint density at radius 1 is 0.720 bits per heavy atom. The molecule has 0 saturated heterocycles. The van der Waals surface area contributed by atoms with Crippen LogP contribution in [0.3, 0.4) is 0 Å². The topological polar surface area (TPSA) is 119 Å². The highest BCUT2D eigenvalue weighted by molar-refractivity contribution is 5.73. The van der Waals surface area contributed by atoms with E-state index in [2.05, 4.69) is 10.6 Å². The minimum absolute atomic E-state index is 0.100. The van der Waals surface area contributed by atoms with Gasteiger partial charge >= 0.3 is 0 Å². The van der Waals surface area contributed by atoms with Crippen LogP contribution in [0.4, 0.5) is 0 Å². The molecule has 0 radical (unpaired) electrons. The van der Waals surface area contributed by atoms with Gasteiger partial charge in [-0.25, -0.2) is 0 Å². The lowest BCUT2D eigenvalue weighted by Gasteiger charge is -2.11. The Hall–Kier alpha value is -3.74. The summed E-state index contributed by atoms with van der Waals surface area (Å²) < 4.78 is 0. The summed E-state index contributed by atoms with van der Waals surface area (Å²) in [6.45, 7) is 0. The molecule has 2 aromatic rings. The minimum Gasteiger partial charge on any atom is -0.508 e. The summed E-state index contributed by atoms with van der Waals surface area (Å²) in [5.41, 5.74) is 1.72. The van der Waals surface area contributed by atoms with Gasteiger partial charge in [-0.3, -0.25) is 9.59 Å².